The Morgan fingerprint density at radius 2 is 1.43 bits per heavy atom. The smallest absolute Gasteiger partial charge is 0.293 e. The SMILES string of the molecule is CC1CCN(c2cc(N3CCC(C)CC3)c([N+](=O)[O-])cc2C=NNc2nc(Nc3ccc(F)cc3)nc(N3CCCCC3)n2)CC1. The summed E-state index contributed by atoms with van der Waals surface area (Å²) in [7, 11) is 0. The van der Waals surface area contributed by atoms with Gasteiger partial charge in [-0.1, -0.05) is 13.8 Å². The quantitative estimate of drug-likeness (QED) is 0.152. The van der Waals surface area contributed by atoms with Gasteiger partial charge in [-0.2, -0.15) is 20.1 Å². The zero-order valence-electron chi connectivity index (χ0n) is 26.7. The summed E-state index contributed by atoms with van der Waals surface area (Å²) < 4.78 is 13.5. The van der Waals surface area contributed by atoms with Gasteiger partial charge in [-0.25, -0.2) is 9.82 Å². The predicted octanol–water partition coefficient (Wildman–Crippen LogP) is 6.57. The van der Waals surface area contributed by atoms with E-state index in [4.69, 9.17) is 0 Å². The van der Waals surface area contributed by atoms with Gasteiger partial charge in [0, 0.05) is 62.3 Å². The summed E-state index contributed by atoms with van der Waals surface area (Å²) in [6.45, 7) is 9.57. The lowest BCUT2D eigenvalue weighted by molar-refractivity contribution is -0.384. The highest BCUT2D eigenvalue weighted by Gasteiger charge is 2.28. The van der Waals surface area contributed by atoms with Crippen molar-refractivity contribution in [1.29, 1.82) is 0 Å². The third kappa shape index (κ3) is 7.63. The standard InChI is InChI=1S/C33H43FN10O2/c1-23-10-16-41(17-11-23)28-21-29(42-18-12-24(2)13-19-42)30(44(45)46)20-25(28)22-35-40-32-37-31(36-27-8-6-26(34)7-9-27)38-33(39-32)43-14-4-3-5-15-43/h6-9,20-24H,3-5,10-19H2,1-2H3,(H2,36,37,38,39,40). The third-order valence-electron chi connectivity index (χ3n) is 9.30. The van der Waals surface area contributed by atoms with Crippen LogP contribution < -0.4 is 25.4 Å². The number of rotatable bonds is 9. The largest absolute Gasteiger partial charge is 0.371 e. The number of hydrogen-bond acceptors (Lipinski definition) is 11. The molecule has 0 saturated carbocycles. The molecule has 0 unspecified atom stereocenters. The number of nitro benzene ring substituents is 1. The molecule has 3 fully saturated rings. The first-order valence-electron chi connectivity index (χ1n) is 16.5. The Bertz CT molecular complexity index is 1530. The topological polar surface area (TPSA) is 128 Å². The molecule has 3 aliphatic rings. The van der Waals surface area contributed by atoms with E-state index in [1.165, 1.54) is 12.1 Å². The fraction of sp³-hybridized carbons (Fsp3) is 0.515. The molecule has 2 aromatic carbocycles. The van der Waals surface area contributed by atoms with Gasteiger partial charge < -0.3 is 20.0 Å². The highest BCUT2D eigenvalue weighted by atomic mass is 19.1. The molecule has 4 heterocycles. The summed E-state index contributed by atoms with van der Waals surface area (Å²) in [6, 6.07) is 9.63. The molecule has 1 aromatic heterocycles. The number of nitrogens with zero attached hydrogens (tertiary/aromatic N) is 8. The lowest BCUT2D eigenvalue weighted by Crippen LogP contribution is -2.35. The summed E-state index contributed by atoms with van der Waals surface area (Å²) in [4.78, 5) is 32.5. The van der Waals surface area contributed by atoms with Crippen molar-refractivity contribution in [2.24, 2.45) is 16.9 Å². The molecule has 0 atom stereocenters. The Labute approximate surface area is 269 Å². The van der Waals surface area contributed by atoms with Crippen LogP contribution in [0.25, 0.3) is 0 Å². The second kappa shape index (κ2) is 14.3. The first kappa shape index (κ1) is 31.4. The summed E-state index contributed by atoms with van der Waals surface area (Å²) >= 11 is 0. The second-order valence-electron chi connectivity index (χ2n) is 12.8. The van der Waals surface area contributed by atoms with Crippen LogP contribution in [0.5, 0.6) is 0 Å². The summed E-state index contributed by atoms with van der Waals surface area (Å²) in [6.07, 6.45) is 9.06. The van der Waals surface area contributed by atoms with Crippen LogP contribution in [-0.2, 0) is 0 Å². The van der Waals surface area contributed by atoms with Crippen LogP contribution in [0.15, 0.2) is 41.5 Å². The molecule has 46 heavy (non-hydrogen) atoms. The van der Waals surface area contributed by atoms with Crippen LogP contribution >= 0.6 is 0 Å². The van der Waals surface area contributed by atoms with E-state index in [1.807, 2.05) is 6.07 Å². The second-order valence-corrected chi connectivity index (χ2v) is 12.8. The minimum atomic E-state index is -0.330. The molecule has 0 amide bonds. The monoisotopic (exact) mass is 630 g/mol. The highest BCUT2D eigenvalue weighted by molar-refractivity contribution is 5.92. The van der Waals surface area contributed by atoms with E-state index in [0.29, 0.717) is 40.7 Å². The van der Waals surface area contributed by atoms with Crippen LogP contribution in [0.3, 0.4) is 0 Å². The maximum atomic E-state index is 13.5. The molecule has 3 aromatic rings. The summed E-state index contributed by atoms with van der Waals surface area (Å²) in [5.74, 6) is 2.00. The van der Waals surface area contributed by atoms with Gasteiger partial charge in [0.2, 0.25) is 17.8 Å². The molecule has 13 heteroatoms. The normalized spacial score (nSPS) is 18.3. The molecule has 3 aliphatic heterocycles. The molecule has 0 aliphatic carbocycles. The maximum absolute atomic E-state index is 13.5. The number of hydrazone groups is 1. The number of aromatic nitrogens is 3. The highest BCUT2D eigenvalue weighted by Crippen LogP contribution is 2.38. The van der Waals surface area contributed by atoms with E-state index >= 15 is 0 Å². The van der Waals surface area contributed by atoms with Crippen LogP contribution in [0.2, 0.25) is 0 Å². The number of benzene rings is 2. The molecular formula is C33H43FN10O2. The minimum absolute atomic E-state index is 0.0865. The molecule has 244 valence electrons. The number of nitro groups is 1. The molecule has 12 nitrogen and oxygen atoms in total. The van der Waals surface area contributed by atoms with E-state index in [9.17, 15) is 14.5 Å². The molecule has 6 rings (SSSR count). The van der Waals surface area contributed by atoms with Crippen LogP contribution in [0.4, 0.5) is 45.0 Å². The van der Waals surface area contributed by atoms with Crippen molar-refractivity contribution in [3.05, 3.63) is 57.9 Å². The molecule has 3 saturated heterocycles. The Morgan fingerprint density at radius 3 is 2.07 bits per heavy atom. The van der Waals surface area contributed by atoms with Gasteiger partial charge in [-0.3, -0.25) is 10.1 Å². The minimum Gasteiger partial charge on any atom is -0.371 e. The molecule has 0 spiro atoms. The van der Waals surface area contributed by atoms with Gasteiger partial charge in [0.15, 0.2) is 0 Å². The number of nitrogens with one attached hydrogen (secondary N) is 2. The van der Waals surface area contributed by atoms with E-state index in [1.54, 1.807) is 24.4 Å². The van der Waals surface area contributed by atoms with Crippen molar-refractivity contribution in [1.82, 2.24) is 15.0 Å². The summed E-state index contributed by atoms with van der Waals surface area (Å²) in [5, 5.41) is 20.0. The molecule has 0 radical (unpaired) electrons. The lowest BCUT2D eigenvalue weighted by Gasteiger charge is -2.35. The van der Waals surface area contributed by atoms with Gasteiger partial charge in [-0.15, -0.1) is 0 Å². The maximum Gasteiger partial charge on any atom is 0.293 e. The number of halogens is 1. The third-order valence-corrected chi connectivity index (χ3v) is 9.30. The van der Waals surface area contributed by atoms with Gasteiger partial charge >= 0.3 is 0 Å². The zero-order chi connectivity index (χ0) is 32.0. The van der Waals surface area contributed by atoms with Crippen molar-refractivity contribution in [2.75, 3.05) is 64.7 Å². The van der Waals surface area contributed by atoms with Crippen molar-refractivity contribution < 1.29 is 9.31 Å². The van der Waals surface area contributed by atoms with Gasteiger partial charge in [0.1, 0.15) is 11.5 Å². The Kier molecular flexibility index (Phi) is 9.74. The molecule has 0 bridgehead atoms. The fourth-order valence-corrected chi connectivity index (χ4v) is 6.39. The van der Waals surface area contributed by atoms with Crippen LogP contribution in [0.1, 0.15) is 64.4 Å². The number of piperidine rings is 3. The first-order chi connectivity index (χ1) is 22.3. The van der Waals surface area contributed by atoms with E-state index in [0.717, 1.165) is 89.9 Å². The Balaban J connectivity index is 1.31. The zero-order valence-corrected chi connectivity index (χ0v) is 26.7. The molecular weight excluding hydrogens is 587 g/mol. The summed E-state index contributed by atoms with van der Waals surface area (Å²) in [5.41, 5.74) is 5.97. The van der Waals surface area contributed by atoms with Gasteiger partial charge in [-0.05, 0) is 87.1 Å². The van der Waals surface area contributed by atoms with E-state index < -0.39 is 0 Å². The lowest BCUT2D eigenvalue weighted by atomic mass is 9.96. The average Bonchev–Trinajstić information content (AvgIpc) is 3.07. The van der Waals surface area contributed by atoms with Crippen molar-refractivity contribution in [3.8, 4) is 0 Å². The Morgan fingerprint density at radius 1 is 0.826 bits per heavy atom. The molecule has 2 N–H and O–H groups in total. The van der Waals surface area contributed by atoms with Crippen molar-refractivity contribution in [3.63, 3.8) is 0 Å². The van der Waals surface area contributed by atoms with Crippen LogP contribution in [-0.4, -0.2) is 65.4 Å². The Hall–Kier alpha value is -4.55. The van der Waals surface area contributed by atoms with Crippen LogP contribution in [0, 0.1) is 27.8 Å². The predicted molar refractivity (Wildman–Crippen MR) is 181 cm³/mol. The van der Waals surface area contributed by atoms with Crippen molar-refractivity contribution >= 4 is 46.8 Å². The van der Waals surface area contributed by atoms with Gasteiger partial charge in [0.25, 0.3) is 5.69 Å². The van der Waals surface area contributed by atoms with E-state index in [-0.39, 0.29) is 22.4 Å². The van der Waals surface area contributed by atoms with E-state index in [2.05, 4.69) is 59.3 Å². The number of anilines is 6. The van der Waals surface area contributed by atoms with Gasteiger partial charge in [0.05, 0.1) is 11.1 Å². The first-order valence-corrected chi connectivity index (χ1v) is 16.5. The fourth-order valence-electron chi connectivity index (χ4n) is 6.39. The number of hydrogen-bond donors (Lipinski definition) is 2. The van der Waals surface area contributed by atoms with Crippen molar-refractivity contribution in [2.45, 2.75) is 58.8 Å². The average molecular weight is 631 g/mol.